The maximum atomic E-state index is 5.82. The van der Waals surface area contributed by atoms with Gasteiger partial charge in [0, 0.05) is 19.3 Å². The van der Waals surface area contributed by atoms with Gasteiger partial charge >= 0.3 is 0 Å². The van der Waals surface area contributed by atoms with E-state index in [0.717, 1.165) is 24.5 Å². The van der Waals surface area contributed by atoms with Crippen LogP contribution >= 0.6 is 0 Å². The molecule has 2 N–H and O–H groups in total. The van der Waals surface area contributed by atoms with Crippen LogP contribution in [0.3, 0.4) is 0 Å². The van der Waals surface area contributed by atoms with Gasteiger partial charge in [-0.2, -0.15) is 0 Å². The highest BCUT2D eigenvalue weighted by Gasteiger charge is 2.13. The second-order valence-corrected chi connectivity index (χ2v) is 3.13. The summed E-state index contributed by atoms with van der Waals surface area (Å²) < 4.78 is 0. The van der Waals surface area contributed by atoms with E-state index in [9.17, 15) is 0 Å². The molecule has 1 fully saturated rings. The standard InChI is InChI=1S/C9H13N3/c10-8-3-4-11-7-9(8)12-5-1-2-6-12/h3-4,7H,1-2,5-6H2,(H2,10,11). The lowest BCUT2D eigenvalue weighted by molar-refractivity contribution is 0.949. The topological polar surface area (TPSA) is 42.1 Å². The van der Waals surface area contributed by atoms with Crippen LogP contribution in [0.15, 0.2) is 18.5 Å². The molecule has 1 aliphatic rings. The van der Waals surface area contributed by atoms with E-state index in [1.807, 2.05) is 12.3 Å². The summed E-state index contributed by atoms with van der Waals surface area (Å²) in [4.78, 5) is 6.36. The quantitative estimate of drug-likeness (QED) is 0.677. The van der Waals surface area contributed by atoms with Crippen LogP contribution in [-0.2, 0) is 0 Å². The molecular formula is C9H13N3. The first-order valence-electron chi connectivity index (χ1n) is 4.32. The van der Waals surface area contributed by atoms with Gasteiger partial charge in [0.05, 0.1) is 17.6 Å². The number of aromatic nitrogens is 1. The van der Waals surface area contributed by atoms with Gasteiger partial charge in [0.1, 0.15) is 0 Å². The van der Waals surface area contributed by atoms with Crippen molar-refractivity contribution in [3.05, 3.63) is 18.5 Å². The van der Waals surface area contributed by atoms with E-state index in [4.69, 9.17) is 5.73 Å². The van der Waals surface area contributed by atoms with Gasteiger partial charge < -0.3 is 10.6 Å². The highest BCUT2D eigenvalue weighted by Crippen LogP contribution is 2.24. The Bertz CT molecular complexity index is 266. The van der Waals surface area contributed by atoms with Crippen LogP contribution in [0.2, 0.25) is 0 Å². The average Bonchev–Trinajstić information content (AvgIpc) is 2.57. The van der Waals surface area contributed by atoms with Crippen molar-refractivity contribution in [1.29, 1.82) is 0 Å². The van der Waals surface area contributed by atoms with Crippen molar-refractivity contribution in [2.45, 2.75) is 12.8 Å². The van der Waals surface area contributed by atoms with E-state index in [2.05, 4.69) is 9.88 Å². The van der Waals surface area contributed by atoms with Gasteiger partial charge in [-0.3, -0.25) is 4.98 Å². The van der Waals surface area contributed by atoms with E-state index >= 15 is 0 Å². The summed E-state index contributed by atoms with van der Waals surface area (Å²) in [5.41, 5.74) is 7.75. The van der Waals surface area contributed by atoms with Crippen LogP contribution in [-0.4, -0.2) is 18.1 Å². The molecule has 1 saturated heterocycles. The van der Waals surface area contributed by atoms with Crippen LogP contribution in [0.25, 0.3) is 0 Å². The number of nitrogen functional groups attached to an aromatic ring is 1. The Labute approximate surface area is 72.2 Å². The van der Waals surface area contributed by atoms with Gasteiger partial charge in [-0.1, -0.05) is 0 Å². The Morgan fingerprint density at radius 3 is 2.75 bits per heavy atom. The fourth-order valence-corrected chi connectivity index (χ4v) is 1.62. The molecule has 0 atom stereocenters. The molecule has 2 rings (SSSR count). The molecule has 1 aromatic rings. The highest BCUT2D eigenvalue weighted by atomic mass is 15.2. The van der Waals surface area contributed by atoms with Crippen LogP contribution in [0, 0.1) is 0 Å². The number of nitrogens with zero attached hydrogens (tertiary/aromatic N) is 2. The van der Waals surface area contributed by atoms with Gasteiger partial charge in [0.25, 0.3) is 0 Å². The summed E-state index contributed by atoms with van der Waals surface area (Å²) in [5, 5.41) is 0. The second-order valence-electron chi connectivity index (χ2n) is 3.13. The third-order valence-electron chi connectivity index (χ3n) is 2.28. The number of rotatable bonds is 1. The van der Waals surface area contributed by atoms with E-state index < -0.39 is 0 Å². The van der Waals surface area contributed by atoms with Crippen LogP contribution < -0.4 is 10.6 Å². The zero-order valence-electron chi connectivity index (χ0n) is 7.03. The summed E-state index contributed by atoms with van der Waals surface area (Å²) >= 11 is 0. The molecule has 0 aliphatic carbocycles. The molecule has 0 spiro atoms. The lowest BCUT2D eigenvalue weighted by Crippen LogP contribution is -2.19. The van der Waals surface area contributed by atoms with Gasteiger partial charge in [-0.25, -0.2) is 0 Å². The first-order chi connectivity index (χ1) is 5.88. The van der Waals surface area contributed by atoms with Crippen LogP contribution in [0.4, 0.5) is 11.4 Å². The molecule has 1 aromatic heterocycles. The maximum absolute atomic E-state index is 5.82. The van der Waals surface area contributed by atoms with Crippen molar-refractivity contribution in [1.82, 2.24) is 4.98 Å². The van der Waals surface area contributed by atoms with Crippen LogP contribution in [0.1, 0.15) is 12.8 Å². The fraction of sp³-hybridized carbons (Fsp3) is 0.444. The Morgan fingerprint density at radius 2 is 2.08 bits per heavy atom. The molecule has 2 heterocycles. The third-order valence-corrected chi connectivity index (χ3v) is 2.28. The molecule has 3 heteroatoms. The van der Waals surface area contributed by atoms with E-state index in [1.54, 1.807) is 6.20 Å². The average molecular weight is 163 g/mol. The van der Waals surface area contributed by atoms with Gasteiger partial charge in [-0.05, 0) is 18.9 Å². The zero-order valence-corrected chi connectivity index (χ0v) is 7.03. The minimum atomic E-state index is 0.840. The lowest BCUT2D eigenvalue weighted by atomic mass is 10.3. The fourth-order valence-electron chi connectivity index (χ4n) is 1.62. The Hall–Kier alpha value is -1.25. The molecule has 0 amide bonds. The van der Waals surface area contributed by atoms with Gasteiger partial charge in [-0.15, -0.1) is 0 Å². The highest BCUT2D eigenvalue weighted by molar-refractivity contribution is 5.66. The zero-order chi connectivity index (χ0) is 8.39. The summed E-state index contributed by atoms with van der Waals surface area (Å²) in [6.07, 6.45) is 6.12. The molecule has 0 bridgehead atoms. The van der Waals surface area contributed by atoms with Crippen molar-refractivity contribution in [2.75, 3.05) is 23.7 Å². The van der Waals surface area contributed by atoms with Crippen molar-refractivity contribution in [2.24, 2.45) is 0 Å². The molecule has 0 radical (unpaired) electrons. The summed E-state index contributed by atoms with van der Waals surface area (Å²) in [6, 6.07) is 1.85. The number of hydrogen-bond donors (Lipinski definition) is 1. The largest absolute Gasteiger partial charge is 0.397 e. The number of anilines is 2. The molecule has 64 valence electrons. The predicted octanol–water partition coefficient (Wildman–Crippen LogP) is 1.26. The smallest absolute Gasteiger partial charge is 0.0786 e. The molecule has 0 aromatic carbocycles. The normalized spacial score (nSPS) is 16.8. The van der Waals surface area contributed by atoms with Gasteiger partial charge in [0.15, 0.2) is 0 Å². The van der Waals surface area contributed by atoms with Crippen molar-refractivity contribution in [3.63, 3.8) is 0 Å². The number of pyridine rings is 1. The maximum Gasteiger partial charge on any atom is 0.0786 e. The Balaban J connectivity index is 2.26. The minimum Gasteiger partial charge on any atom is -0.397 e. The van der Waals surface area contributed by atoms with E-state index in [-0.39, 0.29) is 0 Å². The molecule has 0 unspecified atom stereocenters. The molecule has 0 saturated carbocycles. The molecular weight excluding hydrogens is 150 g/mol. The van der Waals surface area contributed by atoms with Crippen molar-refractivity contribution in [3.8, 4) is 0 Å². The van der Waals surface area contributed by atoms with E-state index in [0.29, 0.717) is 0 Å². The Morgan fingerprint density at radius 1 is 1.33 bits per heavy atom. The first-order valence-corrected chi connectivity index (χ1v) is 4.32. The van der Waals surface area contributed by atoms with Crippen molar-refractivity contribution >= 4 is 11.4 Å². The Kier molecular flexibility index (Phi) is 1.86. The summed E-state index contributed by atoms with van der Waals surface area (Å²) in [6.45, 7) is 2.24. The third kappa shape index (κ3) is 1.22. The van der Waals surface area contributed by atoms with Crippen molar-refractivity contribution < 1.29 is 0 Å². The van der Waals surface area contributed by atoms with Crippen LogP contribution in [0.5, 0.6) is 0 Å². The van der Waals surface area contributed by atoms with Gasteiger partial charge in [0.2, 0.25) is 0 Å². The summed E-state index contributed by atoms with van der Waals surface area (Å²) in [5.74, 6) is 0. The predicted molar refractivity (Wildman–Crippen MR) is 50.1 cm³/mol. The van der Waals surface area contributed by atoms with E-state index in [1.165, 1.54) is 12.8 Å². The number of nitrogens with two attached hydrogens (primary N) is 1. The monoisotopic (exact) mass is 163 g/mol. The molecule has 12 heavy (non-hydrogen) atoms. The summed E-state index contributed by atoms with van der Waals surface area (Å²) in [7, 11) is 0. The number of hydrogen-bond acceptors (Lipinski definition) is 3. The second kappa shape index (κ2) is 3.01. The SMILES string of the molecule is Nc1ccncc1N1CCCC1. The minimum absolute atomic E-state index is 0.840. The first kappa shape index (κ1) is 7.40. The molecule has 3 nitrogen and oxygen atoms in total. The lowest BCUT2D eigenvalue weighted by Gasteiger charge is -2.18. The molecule has 1 aliphatic heterocycles.